The van der Waals surface area contributed by atoms with E-state index in [-0.39, 0.29) is 18.5 Å². The Morgan fingerprint density at radius 1 is 1.40 bits per heavy atom. The molecule has 7 heteroatoms. The van der Waals surface area contributed by atoms with Crippen molar-refractivity contribution in [1.82, 2.24) is 19.4 Å². The van der Waals surface area contributed by atoms with Crippen molar-refractivity contribution in [3.8, 4) is 0 Å². The molecule has 0 aromatic carbocycles. The summed E-state index contributed by atoms with van der Waals surface area (Å²) < 4.78 is 2.04. The molecular weight excluding hydrogens is 260 g/mol. The highest BCUT2D eigenvalue weighted by Gasteiger charge is 2.35. The van der Waals surface area contributed by atoms with Gasteiger partial charge in [0.2, 0.25) is 0 Å². The highest BCUT2D eigenvalue weighted by Crippen LogP contribution is 2.28. The Balaban J connectivity index is 1.66. The summed E-state index contributed by atoms with van der Waals surface area (Å²) in [4.78, 5) is 31.0. The Hall–Kier alpha value is -2.05. The van der Waals surface area contributed by atoms with E-state index >= 15 is 0 Å². The van der Waals surface area contributed by atoms with Crippen LogP contribution >= 0.6 is 0 Å². The van der Waals surface area contributed by atoms with Gasteiger partial charge in [0.05, 0.1) is 13.0 Å². The van der Waals surface area contributed by atoms with E-state index in [9.17, 15) is 9.59 Å². The van der Waals surface area contributed by atoms with Crippen LogP contribution in [0.3, 0.4) is 0 Å². The summed E-state index contributed by atoms with van der Waals surface area (Å²) in [5.74, 6) is 0.0243. The molecule has 1 aliphatic carbocycles. The lowest BCUT2D eigenvalue weighted by molar-refractivity contribution is -0.137. The highest BCUT2D eigenvalue weighted by atomic mass is 16.4. The van der Waals surface area contributed by atoms with E-state index in [2.05, 4.69) is 4.98 Å². The zero-order valence-electron chi connectivity index (χ0n) is 11.2. The zero-order valence-corrected chi connectivity index (χ0v) is 11.2. The van der Waals surface area contributed by atoms with Crippen LogP contribution in [-0.4, -0.2) is 55.6 Å². The minimum atomic E-state index is -0.863. The fraction of sp³-hybridized carbons (Fsp3) is 0.615. The molecular formula is C13H18N4O3. The van der Waals surface area contributed by atoms with Crippen LogP contribution in [0.4, 0.5) is 4.79 Å². The second-order valence-corrected chi connectivity index (χ2v) is 5.31. The summed E-state index contributed by atoms with van der Waals surface area (Å²) in [5.41, 5.74) is 0. The van der Waals surface area contributed by atoms with Crippen molar-refractivity contribution in [2.75, 3.05) is 13.1 Å². The predicted octanol–water partition coefficient (Wildman–Crippen LogP) is 0.758. The van der Waals surface area contributed by atoms with Crippen LogP contribution in [-0.2, 0) is 17.9 Å². The number of imidazole rings is 1. The van der Waals surface area contributed by atoms with Crippen LogP contribution in [0.5, 0.6) is 0 Å². The van der Waals surface area contributed by atoms with Crippen LogP contribution in [0.2, 0.25) is 0 Å². The van der Waals surface area contributed by atoms with Gasteiger partial charge in [0.1, 0.15) is 5.82 Å². The second-order valence-electron chi connectivity index (χ2n) is 5.31. The lowest BCUT2D eigenvalue weighted by Crippen LogP contribution is -2.47. The maximum Gasteiger partial charge on any atom is 0.320 e. The van der Waals surface area contributed by atoms with Crippen molar-refractivity contribution < 1.29 is 14.7 Å². The third kappa shape index (κ3) is 2.61. The number of carbonyl (C=O) groups is 2. The molecule has 1 fully saturated rings. The second kappa shape index (κ2) is 5.15. The number of aromatic nitrogens is 2. The largest absolute Gasteiger partial charge is 0.481 e. The third-order valence-electron chi connectivity index (χ3n) is 3.82. The van der Waals surface area contributed by atoms with Crippen molar-refractivity contribution in [2.24, 2.45) is 0 Å². The molecule has 1 saturated carbocycles. The third-order valence-corrected chi connectivity index (χ3v) is 3.82. The van der Waals surface area contributed by atoms with E-state index in [1.54, 1.807) is 16.0 Å². The van der Waals surface area contributed by atoms with Gasteiger partial charge >= 0.3 is 12.0 Å². The molecule has 20 heavy (non-hydrogen) atoms. The Morgan fingerprint density at radius 2 is 2.20 bits per heavy atom. The highest BCUT2D eigenvalue weighted by molar-refractivity contribution is 5.76. The number of hydrogen-bond donors (Lipinski definition) is 1. The van der Waals surface area contributed by atoms with E-state index in [0.29, 0.717) is 19.6 Å². The van der Waals surface area contributed by atoms with Gasteiger partial charge in [-0.05, 0) is 12.8 Å². The number of nitrogens with zero attached hydrogens (tertiary/aromatic N) is 4. The van der Waals surface area contributed by atoms with Gasteiger partial charge in [0, 0.05) is 38.1 Å². The van der Waals surface area contributed by atoms with Crippen LogP contribution in [0.15, 0.2) is 12.4 Å². The Bertz CT molecular complexity index is 523. The first-order chi connectivity index (χ1) is 9.65. The topological polar surface area (TPSA) is 78.7 Å². The van der Waals surface area contributed by atoms with Gasteiger partial charge < -0.3 is 19.5 Å². The molecule has 0 spiro atoms. The molecule has 7 nitrogen and oxygen atoms in total. The fourth-order valence-corrected chi connectivity index (χ4v) is 2.56. The van der Waals surface area contributed by atoms with Crippen LogP contribution in [0.25, 0.3) is 0 Å². The van der Waals surface area contributed by atoms with Crippen LogP contribution < -0.4 is 0 Å². The van der Waals surface area contributed by atoms with E-state index in [1.165, 1.54) is 0 Å². The van der Waals surface area contributed by atoms with Gasteiger partial charge in [-0.25, -0.2) is 9.78 Å². The molecule has 1 aromatic rings. The first-order valence-corrected chi connectivity index (χ1v) is 6.92. The van der Waals surface area contributed by atoms with Crippen molar-refractivity contribution in [3.63, 3.8) is 0 Å². The molecule has 1 aromatic heterocycles. The Labute approximate surface area is 116 Å². The molecule has 0 radical (unpaired) electrons. The number of hydrogen-bond acceptors (Lipinski definition) is 3. The molecule has 0 bridgehead atoms. The molecule has 2 amide bonds. The fourth-order valence-electron chi connectivity index (χ4n) is 2.56. The Morgan fingerprint density at radius 3 is 2.90 bits per heavy atom. The average molecular weight is 278 g/mol. The van der Waals surface area contributed by atoms with Gasteiger partial charge in [0.25, 0.3) is 0 Å². The van der Waals surface area contributed by atoms with E-state index in [1.807, 2.05) is 10.8 Å². The minimum Gasteiger partial charge on any atom is -0.481 e. The molecule has 0 atom stereocenters. The lowest BCUT2D eigenvalue weighted by atomic mass is 10.3. The molecule has 2 aliphatic rings. The van der Waals surface area contributed by atoms with Gasteiger partial charge in [-0.15, -0.1) is 0 Å². The predicted molar refractivity (Wildman–Crippen MR) is 70.0 cm³/mol. The average Bonchev–Trinajstić information content (AvgIpc) is 3.15. The van der Waals surface area contributed by atoms with Gasteiger partial charge in [0.15, 0.2) is 0 Å². The first kappa shape index (κ1) is 13.0. The summed E-state index contributed by atoms with van der Waals surface area (Å²) in [6.45, 7) is 2.20. The van der Waals surface area contributed by atoms with E-state index < -0.39 is 5.97 Å². The summed E-state index contributed by atoms with van der Waals surface area (Å²) >= 11 is 0. The number of carboxylic acid groups (broad SMARTS) is 1. The molecule has 3 rings (SSSR count). The van der Waals surface area contributed by atoms with E-state index in [0.717, 1.165) is 25.2 Å². The van der Waals surface area contributed by atoms with Gasteiger partial charge in [-0.3, -0.25) is 4.79 Å². The number of carbonyl (C=O) groups excluding carboxylic acids is 1. The summed E-state index contributed by atoms with van der Waals surface area (Å²) in [6, 6.07) is 0.173. The zero-order chi connectivity index (χ0) is 14.1. The Kier molecular flexibility index (Phi) is 3.33. The molecule has 2 heterocycles. The number of fused-ring (bicyclic) bond motifs is 1. The number of carboxylic acids is 1. The standard InChI is InChI=1S/C13H18N4O3/c18-12(19)3-5-17(10-1-2-10)13(20)16-8-7-15-6-4-14-11(15)9-16/h4,6,10H,1-3,5,7-9H2,(H,18,19). The van der Waals surface area contributed by atoms with E-state index in [4.69, 9.17) is 5.11 Å². The van der Waals surface area contributed by atoms with Gasteiger partial charge in [-0.2, -0.15) is 0 Å². The summed E-state index contributed by atoms with van der Waals surface area (Å²) in [7, 11) is 0. The monoisotopic (exact) mass is 278 g/mol. The van der Waals surface area contributed by atoms with Crippen molar-refractivity contribution in [1.29, 1.82) is 0 Å². The normalized spacial score (nSPS) is 17.7. The van der Waals surface area contributed by atoms with Crippen LogP contribution in [0, 0.1) is 0 Å². The maximum absolute atomic E-state index is 12.5. The molecule has 108 valence electrons. The number of amides is 2. The van der Waals surface area contributed by atoms with Crippen LogP contribution in [0.1, 0.15) is 25.1 Å². The van der Waals surface area contributed by atoms with Crippen molar-refractivity contribution >= 4 is 12.0 Å². The molecule has 0 saturated heterocycles. The number of urea groups is 1. The minimum absolute atomic E-state index is 0.00467. The lowest BCUT2D eigenvalue weighted by Gasteiger charge is -2.33. The smallest absolute Gasteiger partial charge is 0.320 e. The van der Waals surface area contributed by atoms with Gasteiger partial charge in [-0.1, -0.05) is 0 Å². The van der Waals surface area contributed by atoms with Crippen molar-refractivity contribution in [2.45, 2.75) is 38.4 Å². The SMILES string of the molecule is O=C(O)CCN(C(=O)N1CCn2ccnc2C1)C1CC1. The summed E-state index contributed by atoms with van der Waals surface area (Å²) in [5, 5.41) is 8.79. The van der Waals surface area contributed by atoms with Crippen molar-refractivity contribution in [3.05, 3.63) is 18.2 Å². The molecule has 1 aliphatic heterocycles. The molecule has 1 N–H and O–H groups in total. The number of aliphatic carboxylic acids is 1. The quantitative estimate of drug-likeness (QED) is 0.882. The first-order valence-electron chi connectivity index (χ1n) is 6.92. The summed E-state index contributed by atoms with van der Waals surface area (Å²) in [6.07, 6.45) is 5.62. The maximum atomic E-state index is 12.5. The number of rotatable bonds is 4. The molecule has 0 unspecified atom stereocenters.